The van der Waals surface area contributed by atoms with Gasteiger partial charge in [-0.25, -0.2) is 4.99 Å². The van der Waals surface area contributed by atoms with E-state index in [1.807, 2.05) is 56.3 Å². The summed E-state index contributed by atoms with van der Waals surface area (Å²) in [7, 11) is 1.64. The highest BCUT2D eigenvalue weighted by Gasteiger charge is 2.55. The molecule has 1 amide bonds. The Morgan fingerprint density at radius 1 is 1.28 bits per heavy atom. The Bertz CT molecular complexity index is 1070. The van der Waals surface area contributed by atoms with Gasteiger partial charge in [-0.2, -0.15) is 5.26 Å². The highest BCUT2D eigenvalue weighted by Crippen LogP contribution is 2.49. The van der Waals surface area contributed by atoms with E-state index in [0.717, 1.165) is 11.1 Å². The molecule has 7 nitrogen and oxygen atoms in total. The summed E-state index contributed by atoms with van der Waals surface area (Å²) in [6.45, 7) is 3.87. The molecule has 4 rings (SSSR count). The Balaban J connectivity index is 1.83. The minimum atomic E-state index is -1.10. The third-order valence-corrected chi connectivity index (χ3v) is 5.27. The van der Waals surface area contributed by atoms with Gasteiger partial charge in [0, 0.05) is 19.0 Å². The van der Waals surface area contributed by atoms with E-state index in [9.17, 15) is 4.79 Å². The second kappa shape index (κ2) is 6.52. The number of ether oxygens (including phenoxy) is 2. The average molecular weight is 390 g/mol. The molecule has 1 unspecified atom stereocenters. The zero-order chi connectivity index (χ0) is 20.8. The third kappa shape index (κ3) is 3.07. The number of hydrogen-bond acceptors (Lipinski definition) is 6. The summed E-state index contributed by atoms with van der Waals surface area (Å²) in [6, 6.07) is 15.2. The molecular formula is C22H22N4O3. The second-order valence-corrected chi connectivity index (χ2v) is 7.92. The predicted molar refractivity (Wildman–Crippen MR) is 108 cm³/mol. The fourth-order valence-corrected chi connectivity index (χ4v) is 4.04. The van der Waals surface area contributed by atoms with Gasteiger partial charge in [0.05, 0.1) is 0 Å². The quantitative estimate of drug-likeness (QED) is 0.868. The van der Waals surface area contributed by atoms with Crippen molar-refractivity contribution in [3.05, 3.63) is 48.0 Å². The zero-order valence-corrected chi connectivity index (χ0v) is 16.6. The van der Waals surface area contributed by atoms with Gasteiger partial charge in [0.25, 0.3) is 5.91 Å². The minimum Gasteiger partial charge on any atom is -0.487 e. The fraction of sp³-hybridized carbons (Fsp3) is 0.318. The van der Waals surface area contributed by atoms with E-state index in [0.29, 0.717) is 23.5 Å². The number of carbonyl (C=O) groups is 1. The van der Waals surface area contributed by atoms with Crippen LogP contribution < -0.4 is 15.2 Å². The van der Waals surface area contributed by atoms with Gasteiger partial charge in [-0.1, -0.05) is 18.2 Å². The van der Waals surface area contributed by atoms with Gasteiger partial charge in [-0.3, -0.25) is 9.69 Å². The van der Waals surface area contributed by atoms with Crippen LogP contribution in [0.5, 0.6) is 11.5 Å². The standard InChI is InChI=1S/C22H22N4O3/c1-21(2)13-22(19(27)26(3)20(24)25-22)17-12-15(7-8-18(17)29-21)14-5-4-6-16(11-14)28-10-9-23/h4-8,11-12H,10,13H2,1-3H3,(H2,24,25). The SMILES string of the molecule is CN1C(=O)C2(CC(C)(C)Oc3ccc(-c4cccc(OCC#N)c4)cc32)N=C1N. The fourth-order valence-electron chi connectivity index (χ4n) is 4.04. The number of hydrogen-bond donors (Lipinski definition) is 1. The van der Waals surface area contributed by atoms with Crippen molar-refractivity contribution in [2.24, 2.45) is 10.7 Å². The summed E-state index contributed by atoms with van der Waals surface area (Å²) in [6.07, 6.45) is 0.394. The highest BCUT2D eigenvalue weighted by molar-refractivity contribution is 6.07. The van der Waals surface area contributed by atoms with Crippen molar-refractivity contribution in [1.82, 2.24) is 4.90 Å². The number of nitriles is 1. The van der Waals surface area contributed by atoms with E-state index in [1.165, 1.54) is 4.90 Å². The summed E-state index contributed by atoms with van der Waals surface area (Å²) >= 11 is 0. The van der Waals surface area contributed by atoms with E-state index in [2.05, 4.69) is 4.99 Å². The molecule has 0 bridgehead atoms. The van der Waals surface area contributed by atoms with Crippen molar-refractivity contribution < 1.29 is 14.3 Å². The molecule has 7 heteroatoms. The first-order valence-corrected chi connectivity index (χ1v) is 9.33. The highest BCUT2D eigenvalue weighted by atomic mass is 16.5. The predicted octanol–water partition coefficient (Wildman–Crippen LogP) is 2.80. The number of guanidine groups is 1. The first-order valence-electron chi connectivity index (χ1n) is 9.33. The van der Waals surface area contributed by atoms with E-state index in [1.54, 1.807) is 13.1 Å². The molecule has 1 atom stereocenters. The Labute approximate surface area is 169 Å². The number of rotatable bonds is 3. The van der Waals surface area contributed by atoms with Gasteiger partial charge in [0.15, 0.2) is 18.1 Å². The lowest BCUT2D eigenvalue weighted by Gasteiger charge is -2.41. The number of nitrogens with two attached hydrogens (primary N) is 1. The van der Waals surface area contributed by atoms with Crippen molar-refractivity contribution in [2.75, 3.05) is 13.7 Å². The lowest BCUT2D eigenvalue weighted by molar-refractivity contribution is -0.133. The summed E-state index contributed by atoms with van der Waals surface area (Å²) in [5, 5.41) is 8.73. The van der Waals surface area contributed by atoms with Crippen molar-refractivity contribution in [3.8, 4) is 28.7 Å². The molecule has 0 saturated heterocycles. The largest absolute Gasteiger partial charge is 0.487 e. The number of benzene rings is 2. The van der Waals surface area contributed by atoms with Gasteiger partial charge >= 0.3 is 0 Å². The molecule has 2 aromatic carbocycles. The van der Waals surface area contributed by atoms with Crippen molar-refractivity contribution in [2.45, 2.75) is 31.4 Å². The lowest BCUT2D eigenvalue weighted by Crippen LogP contribution is -2.49. The van der Waals surface area contributed by atoms with Crippen molar-refractivity contribution in [3.63, 3.8) is 0 Å². The molecular weight excluding hydrogens is 368 g/mol. The zero-order valence-electron chi connectivity index (χ0n) is 16.6. The lowest BCUT2D eigenvalue weighted by atomic mass is 9.77. The van der Waals surface area contributed by atoms with Crippen molar-refractivity contribution in [1.29, 1.82) is 5.26 Å². The summed E-state index contributed by atoms with van der Waals surface area (Å²) in [4.78, 5) is 19.2. The molecule has 29 heavy (non-hydrogen) atoms. The smallest absolute Gasteiger partial charge is 0.261 e. The van der Waals surface area contributed by atoms with Crippen LogP contribution in [0.3, 0.4) is 0 Å². The molecule has 0 saturated carbocycles. The average Bonchev–Trinajstić information content (AvgIpc) is 2.89. The van der Waals surface area contributed by atoms with Crippen LogP contribution in [0.4, 0.5) is 0 Å². The van der Waals surface area contributed by atoms with Crippen LogP contribution in [0.1, 0.15) is 25.8 Å². The van der Waals surface area contributed by atoms with Crippen LogP contribution in [0.2, 0.25) is 0 Å². The van der Waals surface area contributed by atoms with Crippen LogP contribution in [-0.4, -0.2) is 36.0 Å². The number of carbonyl (C=O) groups excluding carboxylic acids is 1. The monoisotopic (exact) mass is 390 g/mol. The number of likely N-dealkylation sites (N-methyl/N-ethyl adjacent to an activating group) is 1. The molecule has 2 aliphatic heterocycles. The number of nitrogens with zero attached hydrogens (tertiary/aromatic N) is 3. The van der Waals surface area contributed by atoms with E-state index >= 15 is 0 Å². The molecule has 2 aliphatic rings. The second-order valence-electron chi connectivity index (χ2n) is 7.92. The first kappa shape index (κ1) is 18.8. The summed E-state index contributed by atoms with van der Waals surface area (Å²) in [5.41, 5.74) is 6.84. The Morgan fingerprint density at radius 2 is 2.03 bits per heavy atom. The molecule has 0 aromatic heterocycles. The van der Waals surface area contributed by atoms with E-state index in [4.69, 9.17) is 20.5 Å². The van der Waals surface area contributed by atoms with Gasteiger partial charge in [0.1, 0.15) is 23.2 Å². The molecule has 2 heterocycles. The molecule has 148 valence electrons. The van der Waals surface area contributed by atoms with Crippen LogP contribution in [0.25, 0.3) is 11.1 Å². The number of amides is 1. The number of aliphatic imine (C=N–C) groups is 1. The maximum atomic E-state index is 13.2. The maximum absolute atomic E-state index is 13.2. The van der Waals surface area contributed by atoms with Crippen LogP contribution >= 0.6 is 0 Å². The maximum Gasteiger partial charge on any atom is 0.261 e. The van der Waals surface area contributed by atoms with Gasteiger partial charge in [-0.15, -0.1) is 0 Å². The molecule has 0 fully saturated rings. The van der Waals surface area contributed by atoms with Gasteiger partial charge in [-0.05, 0) is 49.2 Å². The topological polar surface area (TPSA) is 101 Å². The molecule has 0 radical (unpaired) electrons. The van der Waals surface area contributed by atoms with Gasteiger partial charge < -0.3 is 15.2 Å². The van der Waals surface area contributed by atoms with Crippen LogP contribution in [-0.2, 0) is 10.3 Å². The Morgan fingerprint density at radius 3 is 2.72 bits per heavy atom. The molecule has 2 aromatic rings. The summed E-state index contributed by atoms with van der Waals surface area (Å²) in [5.74, 6) is 1.28. The Kier molecular flexibility index (Phi) is 4.23. The molecule has 2 N–H and O–H groups in total. The van der Waals surface area contributed by atoms with Crippen LogP contribution in [0.15, 0.2) is 47.5 Å². The normalized spacial score (nSPS) is 21.9. The Hall–Kier alpha value is -3.53. The minimum absolute atomic E-state index is 0.0193. The third-order valence-electron chi connectivity index (χ3n) is 5.27. The molecule has 0 aliphatic carbocycles. The van der Waals surface area contributed by atoms with E-state index < -0.39 is 11.1 Å². The van der Waals surface area contributed by atoms with Crippen molar-refractivity contribution >= 4 is 11.9 Å². The summed E-state index contributed by atoms with van der Waals surface area (Å²) < 4.78 is 11.6. The molecule has 1 spiro atoms. The first-order chi connectivity index (χ1) is 13.8. The van der Waals surface area contributed by atoms with E-state index in [-0.39, 0.29) is 18.5 Å². The number of fused-ring (bicyclic) bond motifs is 2. The van der Waals surface area contributed by atoms with Crippen LogP contribution in [0, 0.1) is 11.3 Å². The van der Waals surface area contributed by atoms with Gasteiger partial charge in [0.2, 0.25) is 0 Å².